The Morgan fingerprint density at radius 1 is 1.26 bits per heavy atom. The van der Waals surface area contributed by atoms with E-state index in [2.05, 4.69) is 49.6 Å². The quantitative estimate of drug-likeness (QED) is 0.757. The van der Waals surface area contributed by atoms with Crippen LogP contribution in [0.1, 0.15) is 41.7 Å². The normalized spacial score (nSPS) is 17.1. The maximum Gasteiger partial charge on any atom is 0.253 e. The van der Waals surface area contributed by atoms with Crippen LogP contribution in [0.15, 0.2) is 36.8 Å². The molecule has 140 valence electrons. The van der Waals surface area contributed by atoms with Gasteiger partial charge in [-0.25, -0.2) is 9.67 Å². The fourth-order valence-corrected chi connectivity index (χ4v) is 3.60. The highest BCUT2D eigenvalue weighted by Crippen LogP contribution is 2.23. The standard InChI is InChI=1S/C19H23N7O/c1-13(14-3-7-20-8-4-14)26-9-5-16(6-10-26)22-19(27)15-11-17-18(21-12-15)25(2)24-23-17/h3-4,7-8,11-13,16H,5-6,9-10H2,1-2H3,(H,22,27)/t13-/m1/s1. The lowest BCUT2D eigenvalue weighted by molar-refractivity contribution is 0.0895. The number of fused-ring (bicyclic) bond motifs is 1. The zero-order valence-electron chi connectivity index (χ0n) is 15.5. The molecule has 8 heteroatoms. The third-order valence-electron chi connectivity index (χ3n) is 5.30. The number of rotatable bonds is 4. The van der Waals surface area contributed by atoms with Gasteiger partial charge in [0.25, 0.3) is 5.91 Å². The Hall–Kier alpha value is -2.87. The van der Waals surface area contributed by atoms with E-state index in [1.165, 1.54) is 5.56 Å². The molecule has 0 bridgehead atoms. The number of hydrogen-bond donors (Lipinski definition) is 1. The number of amides is 1. The number of hydrogen-bond acceptors (Lipinski definition) is 6. The van der Waals surface area contributed by atoms with Gasteiger partial charge in [-0.1, -0.05) is 5.21 Å². The highest BCUT2D eigenvalue weighted by Gasteiger charge is 2.25. The van der Waals surface area contributed by atoms with Crippen molar-refractivity contribution < 1.29 is 4.79 Å². The largest absolute Gasteiger partial charge is 0.349 e. The monoisotopic (exact) mass is 365 g/mol. The van der Waals surface area contributed by atoms with Crippen molar-refractivity contribution in [1.82, 2.24) is 35.2 Å². The van der Waals surface area contributed by atoms with E-state index in [4.69, 9.17) is 0 Å². The Morgan fingerprint density at radius 2 is 2.00 bits per heavy atom. The molecule has 0 spiro atoms. The van der Waals surface area contributed by atoms with E-state index < -0.39 is 0 Å². The summed E-state index contributed by atoms with van der Waals surface area (Å²) in [5.41, 5.74) is 3.10. The molecular weight excluding hydrogens is 342 g/mol. The minimum absolute atomic E-state index is 0.101. The maximum absolute atomic E-state index is 12.6. The summed E-state index contributed by atoms with van der Waals surface area (Å²) in [6.45, 7) is 4.13. The number of carbonyl (C=O) groups is 1. The van der Waals surface area contributed by atoms with E-state index >= 15 is 0 Å². The Morgan fingerprint density at radius 3 is 2.74 bits per heavy atom. The SMILES string of the molecule is C[C@H](c1ccncc1)N1CCC(NC(=O)c2cnc3c(c2)nnn3C)CC1. The van der Waals surface area contributed by atoms with Crippen molar-refractivity contribution in [2.45, 2.75) is 31.8 Å². The summed E-state index contributed by atoms with van der Waals surface area (Å²) < 4.78 is 1.59. The zero-order chi connectivity index (χ0) is 18.8. The van der Waals surface area contributed by atoms with Crippen LogP contribution in [0.2, 0.25) is 0 Å². The van der Waals surface area contributed by atoms with Crippen LogP contribution >= 0.6 is 0 Å². The molecule has 1 fully saturated rings. The fraction of sp³-hybridized carbons (Fsp3) is 0.421. The number of carbonyl (C=O) groups excluding carboxylic acids is 1. The highest BCUT2D eigenvalue weighted by atomic mass is 16.1. The summed E-state index contributed by atoms with van der Waals surface area (Å²) in [6, 6.07) is 6.40. The number of aryl methyl sites for hydroxylation is 1. The average molecular weight is 365 g/mol. The Balaban J connectivity index is 1.35. The van der Waals surface area contributed by atoms with E-state index in [0.717, 1.165) is 25.9 Å². The number of nitrogens with one attached hydrogen (secondary N) is 1. The van der Waals surface area contributed by atoms with Crippen molar-refractivity contribution in [2.75, 3.05) is 13.1 Å². The molecule has 4 rings (SSSR count). The first-order valence-corrected chi connectivity index (χ1v) is 9.22. The summed E-state index contributed by atoms with van der Waals surface area (Å²) in [6.07, 6.45) is 7.12. The Labute approximate surface area is 157 Å². The van der Waals surface area contributed by atoms with Crippen molar-refractivity contribution in [2.24, 2.45) is 7.05 Å². The van der Waals surface area contributed by atoms with Crippen LogP contribution in [0, 0.1) is 0 Å². The van der Waals surface area contributed by atoms with Gasteiger partial charge in [-0.3, -0.25) is 14.7 Å². The topological polar surface area (TPSA) is 88.8 Å². The molecule has 4 heterocycles. The first-order valence-electron chi connectivity index (χ1n) is 9.22. The fourth-order valence-electron chi connectivity index (χ4n) is 3.60. The summed E-state index contributed by atoms with van der Waals surface area (Å²) in [4.78, 5) is 23.4. The molecule has 1 amide bonds. The zero-order valence-corrected chi connectivity index (χ0v) is 15.5. The molecule has 0 radical (unpaired) electrons. The minimum atomic E-state index is -0.101. The number of piperidine rings is 1. The first kappa shape index (κ1) is 17.5. The summed E-state index contributed by atoms with van der Waals surface area (Å²) in [5.74, 6) is -0.101. The second kappa shape index (κ2) is 7.40. The summed E-state index contributed by atoms with van der Waals surface area (Å²) in [5, 5.41) is 11.1. The number of nitrogens with zero attached hydrogens (tertiary/aromatic N) is 6. The lowest BCUT2D eigenvalue weighted by Gasteiger charge is -2.36. The third kappa shape index (κ3) is 3.66. The van der Waals surface area contributed by atoms with Crippen LogP contribution in [0.3, 0.4) is 0 Å². The van der Waals surface area contributed by atoms with Crippen LogP contribution in [0.5, 0.6) is 0 Å². The van der Waals surface area contributed by atoms with Gasteiger partial charge < -0.3 is 5.32 Å². The average Bonchev–Trinajstić information content (AvgIpc) is 3.09. The molecule has 1 atom stereocenters. The summed E-state index contributed by atoms with van der Waals surface area (Å²) >= 11 is 0. The number of likely N-dealkylation sites (tertiary alicyclic amines) is 1. The van der Waals surface area contributed by atoms with Gasteiger partial charge in [-0.15, -0.1) is 5.10 Å². The molecule has 27 heavy (non-hydrogen) atoms. The van der Waals surface area contributed by atoms with E-state index in [9.17, 15) is 4.79 Å². The van der Waals surface area contributed by atoms with E-state index in [0.29, 0.717) is 22.8 Å². The van der Waals surface area contributed by atoms with Gasteiger partial charge in [0, 0.05) is 50.8 Å². The van der Waals surface area contributed by atoms with Gasteiger partial charge in [0.1, 0.15) is 5.52 Å². The van der Waals surface area contributed by atoms with Gasteiger partial charge >= 0.3 is 0 Å². The predicted molar refractivity (Wildman–Crippen MR) is 101 cm³/mol. The minimum Gasteiger partial charge on any atom is -0.349 e. The van der Waals surface area contributed by atoms with Crippen LogP contribution in [-0.2, 0) is 7.05 Å². The van der Waals surface area contributed by atoms with Crippen molar-refractivity contribution in [3.63, 3.8) is 0 Å². The smallest absolute Gasteiger partial charge is 0.253 e. The van der Waals surface area contributed by atoms with E-state index in [1.54, 1.807) is 24.0 Å². The maximum atomic E-state index is 12.6. The molecule has 0 saturated carbocycles. The molecular formula is C19H23N7O. The molecule has 0 unspecified atom stereocenters. The van der Waals surface area contributed by atoms with Gasteiger partial charge in [0.2, 0.25) is 0 Å². The van der Waals surface area contributed by atoms with Crippen molar-refractivity contribution in [1.29, 1.82) is 0 Å². The summed E-state index contributed by atoms with van der Waals surface area (Å²) in [7, 11) is 1.78. The van der Waals surface area contributed by atoms with Crippen molar-refractivity contribution in [3.05, 3.63) is 47.9 Å². The molecule has 3 aromatic rings. The van der Waals surface area contributed by atoms with Crippen molar-refractivity contribution >= 4 is 17.1 Å². The Bertz CT molecular complexity index is 932. The number of aromatic nitrogens is 5. The molecule has 1 N–H and O–H groups in total. The lowest BCUT2D eigenvalue weighted by Crippen LogP contribution is -2.45. The van der Waals surface area contributed by atoms with Gasteiger partial charge in [-0.05, 0) is 43.5 Å². The number of pyridine rings is 2. The second-order valence-electron chi connectivity index (χ2n) is 7.02. The lowest BCUT2D eigenvalue weighted by atomic mass is 10.0. The van der Waals surface area contributed by atoms with Gasteiger partial charge in [-0.2, -0.15) is 0 Å². The molecule has 0 aromatic carbocycles. The molecule has 0 aliphatic carbocycles. The van der Waals surface area contributed by atoms with Crippen LogP contribution in [-0.4, -0.2) is 54.9 Å². The third-order valence-corrected chi connectivity index (χ3v) is 5.30. The molecule has 1 saturated heterocycles. The van der Waals surface area contributed by atoms with Gasteiger partial charge in [0.05, 0.1) is 5.56 Å². The Kier molecular flexibility index (Phi) is 4.81. The van der Waals surface area contributed by atoms with E-state index in [-0.39, 0.29) is 11.9 Å². The van der Waals surface area contributed by atoms with Crippen LogP contribution in [0.4, 0.5) is 0 Å². The molecule has 3 aromatic heterocycles. The molecule has 1 aliphatic heterocycles. The molecule has 1 aliphatic rings. The van der Waals surface area contributed by atoms with Crippen molar-refractivity contribution in [3.8, 4) is 0 Å². The predicted octanol–water partition coefficient (Wildman–Crippen LogP) is 1.71. The van der Waals surface area contributed by atoms with Gasteiger partial charge in [0.15, 0.2) is 5.65 Å². The van der Waals surface area contributed by atoms with Crippen LogP contribution < -0.4 is 5.32 Å². The molecule has 8 nitrogen and oxygen atoms in total. The first-order chi connectivity index (χ1) is 13.1. The van der Waals surface area contributed by atoms with E-state index in [1.807, 2.05) is 12.4 Å². The highest BCUT2D eigenvalue weighted by molar-refractivity contribution is 5.96. The van der Waals surface area contributed by atoms with Crippen LogP contribution in [0.25, 0.3) is 11.2 Å². The second-order valence-corrected chi connectivity index (χ2v) is 7.02.